The molecular formula is C15H25N3O2S. The molecule has 6 heteroatoms. The quantitative estimate of drug-likeness (QED) is 0.685. The van der Waals surface area contributed by atoms with Crippen LogP contribution in [0.3, 0.4) is 0 Å². The van der Waals surface area contributed by atoms with Crippen LogP contribution in [0.5, 0.6) is 0 Å². The third kappa shape index (κ3) is 5.05. The minimum absolute atomic E-state index is 0.107. The van der Waals surface area contributed by atoms with Gasteiger partial charge in [0.05, 0.1) is 0 Å². The summed E-state index contributed by atoms with van der Waals surface area (Å²) in [4.78, 5) is 4.07. The van der Waals surface area contributed by atoms with Crippen LogP contribution < -0.4 is 10.0 Å². The molecule has 1 aliphatic rings. The van der Waals surface area contributed by atoms with Crippen molar-refractivity contribution in [3.63, 3.8) is 0 Å². The summed E-state index contributed by atoms with van der Waals surface area (Å²) in [5, 5.41) is 3.37. The maximum Gasteiger partial charge on any atom is 0.258 e. The largest absolute Gasteiger partial charge is 0.313 e. The molecule has 1 aromatic rings. The van der Waals surface area contributed by atoms with Crippen LogP contribution in [0.25, 0.3) is 0 Å². The second kappa shape index (κ2) is 7.87. The summed E-state index contributed by atoms with van der Waals surface area (Å²) in [6.45, 7) is 4.28. The summed E-state index contributed by atoms with van der Waals surface area (Å²) in [7, 11) is -3.46. The van der Waals surface area contributed by atoms with Gasteiger partial charge in [0.15, 0.2) is 5.03 Å². The molecule has 0 amide bonds. The first-order valence-electron chi connectivity index (χ1n) is 7.77. The predicted octanol–water partition coefficient (Wildman–Crippen LogP) is 2.05. The number of aromatic nitrogens is 1. The van der Waals surface area contributed by atoms with Crippen molar-refractivity contribution < 1.29 is 8.42 Å². The van der Waals surface area contributed by atoms with Crippen molar-refractivity contribution in [2.45, 2.75) is 50.6 Å². The normalized spacial score (nSPS) is 15.9. The van der Waals surface area contributed by atoms with E-state index in [9.17, 15) is 8.42 Å². The van der Waals surface area contributed by atoms with Gasteiger partial charge in [-0.3, -0.25) is 0 Å². The first-order chi connectivity index (χ1) is 10.1. The Bertz CT molecular complexity index is 524. The predicted molar refractivity (Wildman–Crippen MR) is 83.4 cm³/mol. The van der Waals surface area contributed by atoms with Gasteiger partial charge in [0, 0.05) is 19.3 Å². The molecule has 1 aliphatic carbocycles. The van der Waals surface area contributed by atoms with Crippen molar-refractivity contribution in [2.75, 3.05) is 13.1 Å². The monoisotopic (exact) mass is 311 g/mol. The van der Waals surface area contributed by atoms with Crippen LogP contribution >= 0.6 is 0 Å². The molecule has 118 valence electrons. The zero-order valence-corrected chi connectivity index (χ0v) is 13.5. The summed E-state index contributed by atoms with van der Waals surface area (Å²) >= 11 is 0. The average Bonchev–Trinajstić information content (AvgIpc) is 2.42. The van der Waals surface area contributed by atoms with Crippen LogP contribution in [0.15, 0.2) is 23.4 Å². The van der Waals surface area contributed by atoms with Crippen molar-refractivity contribution in [3.8, 4) is 0 Å². The van der Waals surface area contributed by atoms with Gasteiger partial charge in [0.2, 0.25) is 0 Å². The molecule has 0 unspecified atom stereocenters. The minimum atomic E-state index is -3.46. The van der Waals surface area contributed by atoms with E-state index in [0.717, 1.165) is 31.5 Å². The molecule has 1 fully saturated rings. The van der Waals surface area contributed by atoms with Gasteiger partial charge in [-0.2, -0.15) is 0 Å². The van der Waals surface area contributed by atoms with E-state index < -0.39 is 10.0 Å². The first kappa shape index (κ1) is 16.4. The van der Waals surface area contributed by atoms with E-state index >= 15 is 0 Å². The van der Waals surface area contributed by atoms with E-state index in [0.29, 0.717) is 12.5 Å². The third-order valence-electron chi connectivity index (χ3n) is 3.90. The second-order valence-electron chi connectivity index (χ2n) is 5.66. The Hall–Kier alpha value is -0.980. The van der Waals surface area contributed by atoms with E-state index in [-0.39, 0.29) is 5.03 Å². The van der Waals surface area contributed by atoms with E-state index in [1.807, 2.05) is 6.07 Å². The third-order valence-corrected chi connectivity index (χ3v) is 5.27. The fourth-order valence-corrected chi connectivity index (χ4v) is 3.31. The molecule has 0 spiro atoms. The SMILES string of the molecule is CCCNCc1ccc(S(=O)(=O)NCCC2CCC2)nc1. The van der Waals surface area contributed by atoms with Crippen molar-refractivity contribution >= 4 is 10.0 Å². The van der Waals surface area contributed by atoms with Crippen LogP contribution in [-0.2, 0) is 16.6 Å². The molecule has 0 aromatic carbocycles. The Morgan fingerprint density at radius 3 is 2.67 bits per heavy atom. The summed E-state index contributed by atoms with van der Waals surface area (Å²) in [5.41, 5.74) is 0.997. The molecular weight excluding hydrogens is 286 g/mol. The lowest BCUT2D eigenvalue weighted by Gasteiger charge is -2.25. The van der Waals surface area contributed by atoms with Crippen LogP contribution in [0, 0.1) is 5.92 Å². The van der Waals surface area contributed by atoms with E-state index in [1.54, 1.807) is 12.3 Å². The number of hydrogen-bond acceptors (Lipinski definition) is 4. The fraction of sp³-hybridized carbons (Fsp3) is 0.667. The molecule has 2 N–H and O–H groups in total. The second-order valence-corrected chi connectivity index (χ2v) is 7.38. The molecule has 0 atom stereocenters. The van der Waals surface area contributed by atoms with Crippen molar-refractivity contribution in [3.05, 3.63) is 23.9 Å². The van der Waals surface area contributed by atoms with Crippen molar-refractivity contribution in [1.82, 2.24) is 15.0 Å². The maximum absolute atomic E-state index is 12.1. The van der Waals surface area contributed by atoms with Gasteiger partial charge in [-0.25, -0.2) is 18.1 Å². The number of pyridine rings is 1. The fourth-order valence-electron chi connectivity index (χ4n) is 2.34. The lowest BCUT2D eigenvalue weighted by molar-refractivity contribution is 0.297. The molecule has 0 aliphatic heterocycles. The van der Waals surface area contributed by atoms with Crippen molar-refractivity contribution in [2.24, 2.45) is 5.92 Å². The highest BCUT2D eigenvalue weighted by atomic mass is 32.2. The Labute approximate surface area is 127 Å². The molecule has 0 saturated heterocycles. The summed E-state index contributed by atoms with van der Waals surface area (Å²) in [5.74, 6) is 0.702. The Balaban J connectivity index is 1.83. The van der Waals surface area contributed by atoms with Gasteiger partial charge in [-0.05, 0) is 36.9 Å². The smallest absolute Gasteiger partial charge is 0.258 e. The van der Waals surface area contributed by atoms with Crippen LogP contribution in [0.2, 0.25) is 0 Å². The van der Waals surface area contributed by atoms with Crippen LogP contribution in [-0.4, -0.2) is 26.5 Å². The highest BCUT2D eigenvalue weighted by Gasteiger charge is 2.19. The van der Waals surface area contributed by atoms with Crippen LogP contribution in [0.1, 0.15) is 44.6 Å². The van der Waals surface area contributed by atoms with Gasteiger partial charge in [-0.15, -0.1) is 0 Å². The first-order valence-corrected chi connectivity index (χ1v) is 9.25. The number of hydrogen-bond donors (Lipinski definition) is 2. The Morgan fingerprint density at radius 2 is 2.10 bits per heavy atom. The molecule has 2 rings (SSSR count). The summed E-state index contributed by atoms with van der Waals surface area (Å²) < 4.78 is 26.8. The highest BCUT2D eigenvalue weighted by molar-refractivity contribution is 7.89. The average molecular weight is 311 g/mol. The van der Waals surface area contributed by atoms with E-state index in [2.05, 4.69) is 21.9 Å². The molecule has 1 heterocycles. The zero-order valence-electron chi connectivity index (χ0n) is 12.6. The summed E-state index contributed by atoms with van der Waals surface area (Å²) in [6, 6.07) is 3.39. The van der Waals surface area contributed by atoms with Gasteiger partial charge in [0.25, 0.3) is 10.0 Å². The standard InChI is InChI=1S/C15H25N3O2S/c1-2-9-16-11-14-6-7-15(17-12-14)21(19,20)18-10-8-13-4-3-5-13/h6-7,12-13,16,18H,2-5,8-11H2,1H3. The number of rotatable bonds is 9. The lowest BCUT2D eigenvalue weighted by Crippen LogP contribution is -2.28. The van der Waals surface area contributed by atoms with Gasteiger partial charge in [0.1, 0.15) is 0 Å². The Kier molecular flexibility index (Phi) is 6.14. The number of nitrogens with zero attached hydrogens (tertiary/aromatic N) is 1. The van der Waals surface area contributed by atoms with Gasteiger partial charge < -0.3 is 5.32 Å². The topological polar surface area (TPSA) is 71.1 Å². The number of nitrogens with one attached hydrogen (secondary N) is 2. The molecule has 5 nitrogen and oxygen atoms in total. The molecule has 0 radical (unpaired) electrons. The Morgan fingerprint density at radius 1 is 1.29 bits per heavy atom. The van der Waals surface area contributed by atoms with E-state index in [1.165, 1.54) is 19.3 Å². The minimum Gasteiger partial charge on any atom is -0.313 e. The highest BCUT2D eigenvalue weighted by Crippen LogP contribution is 2.28. The molecule has 1 aromatic heterocycles. The van der Waals surface area contributed by atoms with Gasteiger partial charge >= 0.3 is 0 Å². The zero-order chi connectivity index (χ0) is 15.1. The van der Waals surface area contributed by atoms with E-state index in [4.69, 9.17) is 0 Å². The lowest BCUT2D eigenvalue weighted by atomic mass is 9.83. The maximum atomic E-state index is 12.1. The van der Waals surface area contributed by atoms with Crippen molar-refractivity contribution in [1.29, 1.82) is 0 Å². The summed E-state index contributed by atoms with van der Waals surface area (Å²) in [6.07, 6.45) is 7.39. The molecule has 1 saturated carbocycles. The molecule has 0 bridgehead atoms. The number of sulfonamides is 1. The van der Waals surface area contributed by atoms with Crippen LogP contribution in [0.4, 0.5) is 0 Å². The van der Waals surface area contributed by atoms with Gasteiger partial charge in [-0.1, -0.05) is 32.3 Å². The molecule has 21 heavy (non-hydrogen) atoms.